The zero-order chi connectivity index (χ0) is 13.8. The number of rotatable bonds is 5. The summed E-state index contributed by atoms with van der Waals surface area (Å²) in [6.07, 6.45) is 8.44. The largest absolute Gasteiger partial charge is 0.354 e. The van der Waals surface area contributed by atoms with Gasteiger partial charge in [0.1, 0.15) is 0 Å². The molecule has 3 heteroatoms. The molecule has 0 aromatic carbocycles. The summed E-state index contributed by atoms with van der Waals surface area (Å²) in [5.41, 5.74) is 2.78. The molecule has 1 saturated heterocycles. The second-order valence-corrected chi connectivity index (χ2v) is 5.98. The van der Waals surface area contributed by atoms with E-state index in [9.17, 15) is 4.79 Å². The number of carbonyl (C=O) groups is 1. The SMILES string of the molecule is Cc1cn(CCCC(=O)N2CCCC2)cc1C(C)C. The maximum atomic E-state index is 11.9. The average molecular weight is 262 g/mol. The summed E-state index contributed by atoms with van der Waals surface area (Å²) in [6.45, 7) is 9.51. The topological polar surface area (TPSA) is 25.2 Å². The lowest BCUT2D eigenvalue weighted by molar-refractivity contribution is -0.130. The molecule has 2 rings (SSSR count). The molecule has 0 saturated carbocycles. The quantitative estimate of drug-likeness (QED) is 0.799. The van der Waals surface area contributed by atoms with Gasteiger partial charge in [-0.15, -0.1) is 0 Å². The highest BCUT2D eigenvalue weighted by Gasteiger charge is 2.17. The first-order chi connectivity index (χ1) is 9.08. The van der Waals surface area contributed by atoms with E-state index in [1.165, 1.54) is 24.0 Å². The normalized spacial score (nSPS) is 15.5. The zero-order valence-corrected chi connectivity index (χ0v) is 12.5. The minimum absolute atomic E-state index is 0.338. The Labute approximate surface area is 116 Å². The van der Waals surface area contributed by atoms with Gasteiger partial charge >= 0.3 is 0 Å². The third-order valence-corrected chi connectivity index (χ3v) is 4.01. The van der Waals surface area contributed by atoms with E-state index >= 15 is 0 Å². The molecule has 1 amide bonds. The van der Waals surface area contributed by atoms with Crippen LogP contribution in [0.25, 0.3) is 0 Å². The van der Waals surface area contributed by atoms with Crippen molar-refractivity contribution in [3.63, 3.8) is 0 Å². The van der Waals surface area contributed by atoms with Crippen LogP contribution in [0.4, 0.5) is 0 Å². The van der Waals surface area contributed by atoms with Crippen LogP contribution in [0.3, 0.4) is 0 Å². The van der Waals surface area contributed by atoms with Crippen LogP contribution < -0.4 is 0 Å². The van der Waals surface area contributed by atoms with Crippen LogP contribution in [0.1, 0.15) is 56.6 Å². The second kappa shape index (κ2) is 6.27. The summed E-state index contributed by atoms with van der Waals surface area (Å²) in [5, 5.41) is 0. The predicted octanol–water partition coefficient (Wildman–Crippen LogP) is 3.32. The molecule has 0 unspecified atom stereocenters. The summed E-state index contributed by atoms with van der Waals surface area (Å²) < 4.78 is 2.24. The smallest absolute Gasteiger partial charge is 0.222 e. The summed E-state index contributed by atoms with van der Waals surface area (Å²) in [5.74, 6) is 0.915. The highest BCUT2D eigenvalue weighted by molar-refractivity contribution is 5.76. The molecule has 0 spiro atoms. The number of aromatic nitrogens is 1. The molecule has 0 N–H and O–H groups in total. The molecule has 1 aliphatic rings. The van der Waals surface area contributed by atoms with Gasteiger partial charge in [0.2, 0.25) is 5.91 Å². The minimum atomic E-state index is 0.338. The molecule has 0 aliphatic carbocycles. The summed E-state index contributed by atoms with van der Waals surface area (Å²) in [6, 6.07) is 0. The molecule has 3 nitrogen and oxygen atoms in total. The Morgan fingerprint density at radius 1 is 1.26 bits per heavy atom. The van der Waals surface area contributed by atoms with Crippen molar-refractivity contribution in [3.05, 3.63) is 23.5 Å². The van der Waals surface area contributed by atoms with Gasteiger partial charge < -0.3 is 9.47 Å². The van der Waals surface area contributed by atoms with E-state index < -0.39 is 0 Å². The average Bonchev–Trinajstić information content (AvgIpc) is 2.98. The van der Waals surface area contributed by atoms with Crippen LogP contribution in [-0.2, 0) is 11.3 Å². The lowest BCUT2D eigenvalue weighted by atomic mass is 10.0. The Morgan fingerprint density at radius 2 is 1.95 bits per heavy atom. The van der Waals surface area contributed by atoms with Crippen molar-refractivity contribution in [3.8, 4) is 0 Å². The molecule has 1 aromatic heterocycles. The first kappa shape index (κ1) is 14.2. The van der Waals surface area contributed by atoms with E-state index in [0.717, 1.165) is 26.1 Å². The highest BCUT2D eigenvalue weighted by Crippen LogP contribution is 2.20. The van der Waals surface area contributed by atoms with Crippen LogP contribution in [0, 0.1) is 6.92 Å². The van der Waals surface area contributed by atoms with Crippen molar-refractivity contribution in [2.75, 3.05) is 13.1 Å². The molecule has 1 aliphatic heterocycles. The van der Waals surface area contributed by atoms with Crippen LogP contribution in [0.5, 0.6) is 0 Å². The van der Waals surface area contributed by atoms with Gasteiger partial charge in [0.25, 0.3) is 0 Å². The predicted molar refractivity (Wildman–Crippen MR) is 78.3 cm³/mol. The molecule has 0 bridgehead atoms. The van der Waals surface area contributed by atoms with Gasteiger partial charge in [0, 0.05) is 38.4 Å². The first-order valence-corrected chi connectivity index (χ1v) is 7.52. The molecule has 1 fully saturated rings. The summed E-state index contributed by atoms with van der Waals surface area (Å²) in [7, 11) is 0. The fraction of sp³-hybridized carbons (Fsp3) is 0.688. The number of carbonyl (C=O) groups excluding carboxylic acids is 1. The standard InChI is InChI=1S/C16H26N2O/c1-13(2)15-12-17(11-14(15)3)8-6-7-16(19)18-9-4-5-10-18/h11-13H,4-10H2,1-3H3. The van der Waals surface area contributed by atoms with Gasteiger partial charge in [0.15, 0.2) is 0 Å². The van der Waals surface area contributed by atoms with E-state index in [1.54, 1.807) is 0 Å². The Kier molecular flexibility index (Phi) is 4.67. The Morgan fingerprint density at radius 3 is 2.53 bits per heavy atom. The van der Waals surface area contributed by atoms with E-state index in [4.69, 9.17) is 0 Å². The molecule has 0 radical (unpaired) electrons. The molecular formula is C16H26N2O. The lowest BCUT2D eigenvalue weighted by Crippen LogP contribution is -2.27. The van der Waals surface area contributed by atoms with Crippen molar-refractivity contribution in [2.24, 2.45) is 0 Å². The Balaban J connectivity index is 1.79. The van der Waals surface area contributed by atoms with Crippen molar-refractivity contribution in [1.29, 1.82) is 0 Å². The van der Waals surface area contributed by atoms with E-state index in [-0.39, 0.29) is 0 Å². The number of likely N-dealkylation sites (tertiary alicyclic amines) is 1. The van der Waals surface area contributed by atoms with Crippen molar-refractivity contribution in [1.82, 2.24) is 9.47 Å². The number of hydrogen-bond donors (Lipinski definition) is 0. The molecule has 106 valence electrons. The maximum absolute atomic E-state index is 11.9. The third-order valence-electron chi connectivity index (χ3n) is 4.01. The zero-order valence-electron chi connectivity index (χ0n) is 12.5. The Bertz CT molecular complexity index is 428. The van der Waals surface area contributed by atoms with Gasteiger partial charge in [0.05, 0.1) is 0 Å². The lowest BCUT2D eigenvalue weighted by Gasteiger charge is -2.14. The molecule has 1 aromatic rings. The van der Waals surface area contributed by atoms with Crippen molar-refractivity contribution in [2.45, 2.75) is 58.9 Å². The Hall–Kier alpha value is -1.25. The summed E-state index contributed by atoms with van der Waals surface area (Å²) in [4.78, 5) is 13.9. The van der Waals surface area contributed by atoms with E-state index in [0.29, 0.717) is 18.2 Å². The molecule has 0 atom stereocenters. The second-order valence-electron chi connectivity index (χ2n) is 5.98. The maximum Gasteiger partial charge on any atom is 0.222 e. The van der Waals surface area contributed by atoms with Gasteiger partial charge in [-0.1, -0.05) is 13.8 Å². The third kappa shape index (κ3) is 3.62. The van der Waals surface area contributed by atoms with Gasteiger partial charge in [-0.25, -0.2) is 0 Å². The molecule has 19 heavy (non-hydrogen) atoms. The van der Waals surface area contributed by atoms with Gasteiger partial charge in [-0.3, -0.25) is 4.79 Å². The highest BCUT2D eigenvalue weighted by atomic mass is 16.2. The van der Waals surface area contributed by atoms with Crippen LogP contribution >= 0.6 is 0 Å². The van der Waals surface area contributed by atoms with Gasteiger partial charge in [-0.05, 0) is 43.2 Å². The first-order valence-electron chi connectivity index (χ1n) is 7.52. The fourth-order valence-corrected chi connectivity index (χ4v) is 2.91. The number of aryl methyl sites for hydroxylation is 2. The van der Waals surface area contributed by atoms with Crippen LogP contribution in [0.2, 0.25) is 0 Å². The molecule has 2 heterocycles. The van der Waals surface area contributed by atoms with E-state index in [1.807, 2.05) is 4.90 Å². The minimum Gasteiger partial charge on any atom is -0.354 e. The fourth-order valence-electron chi connectivity index (χ4n) is 2.91. The molecular weight excluding hydrogens is 236 g/mol. The van der Waals surface area contributed by atoms with Crippen molar-refractivity contribution < 1.29 is 4.79 Å². The van der Waals surface area contributed by atoms with Gasteiger partial charge in [-0.2, -0.15) is 0 Å². The number of amides is 1. The monoisotopic (exact) mass is 262 g/mol. The van der Waals surface area contributed by atoms with Crippen molar-refractivity contribution >= 4 is 5.91 Å². The van der Waals surface area contributed by atoms with E-state index in [2.05, 4.69) is 37.7 Å². The number of nitrogens with zero attached hydrogens (tertiary/aromatic N) is 2. The summed E-state index contributed by atoms with van der Waals surface area (Å²) >= 11 is 0. The number of hydrogen-bond acceptors (Lipinski definition) is 1. The van der Waals surface area contributed by atoms with Crippen LogP contribution in [0.15, 0.2) is 12.4 Å². The van der Waals surface area contributed by atoms with Crippen LogP contribution in [-0.4, -0.2) is 28.5 Å².